The van der Waals surface area contributed by atoms with Gasteiger partial charge in [-0.1, -0.05) is 18.2 Å². The first kappa shape index (κ1) is 23.2. The number of ether oxygens (including phenoxy) is 1. The van der Waals surface area contributed by atoms with Gasteiger partial charge in [0.05, 0.1) is 13.2 Å². The van der Waals surface area contributed by atoms with E-state index in [9.17, 15) is 4.79 Å². The van der Waals surface area contributed by atoms with Crippen LogP contribution in [0.5, 0.6) is 5.75 Å². The first-order valence-electron chi connectivity index (χ1n) is 11.8. The molecule has 6 nitrogen and oxygen atoms in total. The molecular weight excluding hydrogens is 420 g/mol. The van der Waals surface area contributed by atoms with Gasteiger partial charge < -0.3 is 20.3 Å². The van der Waals surface area contributed by atoms with Crippen LogP contribution in [0.2, 0.25) is 0 Å². The predicted molar refractivity (Wildman–Crippen MR) is 130 cm³/mol. The second kappa shape index (κ2) is 11.3. The third-order valence-electron chi connectivity index (χ3n) is 6.99. The number of hydrogen-bond acceptors (Lipinski definition) is 6. The molecule has 2 aromatic rings. The summed E-state index contributed by atoms with van der Waals surface area (Å²) in [5, 5.41) is 4.38. The van der Waals surface area contributed by atoms with E-state index in [2.05, 4.69) is 32.7 Å². The number of hydrogen-bond donors (Lipinski definition) is 1. The molecule has 1 atom stereocenters. The van der Waals surface area contributed by atoms with Gasteiger partial charge in [0, 0.05) is 44.8 Å². The van der Waals surface area contributed by atoms with E-state index in [0.29, 0.717) is 5.92 Å². The Morgan fingerprint density at radius 3 is 2.53 bits per heavy atom. The Morgan fingerprint density at radius 2 is 1.84 bits per heavy atom. The van der Waals surface area contributed by atoms with Crippen LogP contribution in [0.1, 0.15) is 24.0 Å². The number of thiophene rings is 1. The van der Waals surface area contributed by atoms with E-state index in [-0.39, 0.29) is 11.9 Å². The Hall–Kier alpha value is -1.93. The highest BCUT2D eigenvalue weighted by Crippen LogP contribution is 2.23. The van der Waals surface area contributed by atoms with Crippen LogP contribution in [0.3, 0.4) is 0 Å². The molecule has 1 amide bonds. The minimum absolute atomic E-state index is 0.138. The molecular formula is C25H36N4O2S. The average Bonchev–Trinajstić information content (AvgIpc) is 3.37. The minimum Gasteiger partial charge on any atom is -0.496 e. The second-order valence-corrected chi connectivity index (χ2v) is 9.78. The molecule has 0 saturated carbocycles. The molecule has 2 aliphatic rings. The number of benzene rings is 1. The molecule has 2 N–H and O–H groups in total. The van der Waals surface area contributed by atoms with E-state index in [1.54, 1.807) is 18.4 Å². The van der Waals surface area contributed by atoms with Crippen LogP contribution in [-0.2, 0) is 17.8 Å². The van der Waals surface area contributed by atoms with Crippen LogP contribution in [-0.4, -0.2) is 79.6 Å². The van der Waals surface area contributed by atoms with Gasteiger partial charge in [-0.2, -0.15) is 11.3 Å². The van der Waals surface area contributed by atoms with Crippen molar-refractivity contribution in [1.29, 1.82) is 0 Å². The summed E-state index contributed by atoms with van der Waals surface area (Å²) >= 11 is 1.76. The van der Waals surface area contributed by atoms with Gasteiger partial charge in [0.2, 0.25) is 5.91 Å². The lowest BCUT2D eigenvalue weighted by Gasteiger charge is -2.39. The highest BCUT2D eigenvalue weighted by Gasteiger charge is 2.32. The Kier molecular flexibility index (Phi) is 8.19. The van der Waals surface area contributed by atoms with Gasteiger partial charge in [-0.05, 0) is 66.7 Å². The zero-order valence-corrected chi connectivity index (χ0v) is 19.9. The van der Waals surface area contributed by atoms with Gasteiger partial charge in [-0.25, -0.2) is 0 Å². The van der Waals surface area contributed by atoms with Crippen molar-refractivity contribution in [3.05, 3.63) is 52.2 Å². The largest absolute Gasteiger partial charge is 0.496 e. The number of carbonyl (C=O) groups excluding carboxylic acids is 1. The van der Waals surface area contributed by atoms with Crippen LogP contribution in [0.4, 0.5) is 0 Å². The third kappa shape index (κ3) is 5.90. The lowest BCUT2D eigenvalue weighted by atomic mass is 9.89. The molecule has 2 saturated heterocycles. The molecule has 3 heterocycles. The van der Waals surface area contributed by atoms with Gasteiger partial charge >= 0.3 is 0 Å². The van der Waals surface area contributed by atoms with Crippen molar-refractivity contribution in [3.8, 4) is 5.75 Å². The number of carbonyl (C=O) groups is 1. The summed E-state index contributed by atoms with van der Waals surface area (Å²) in [5.74, 6) is 1.36. The minimum atomic E-state index is -0.366. The molecule has 0 radical (unpaired) electrons. The molecule has 32 heavy (non-hydrogen) atoms. The first-order chi connectivity index (χ1) is 15.6. The molecule has 1 aromatic carbocycles. The van der Waals surface area contributed by atoms with Gasteiger partial charge in [-0.15, -0.1) is 0 Å². The fraction of sp³-hybridized carbons (Fsp3) is 0.560. The topological polar surface area (TPSA) is 62.0 Å². The van der Waals surface area contributed by atoms with E-state index in [4.69, 9.17) is 10.5 Å². The third-order valence-corrected chi connectivity index (χ3v) is 7.72. The number of nitrogens with zero attached hydrogens (tertiary/aromatic N) is 3. The Labute approximate surface area is 195 Å². The number of rotatable bonds is 8. The van der Waals surface area contributed by atoms with Gasteiger partial charge in [0.25, 0.3) is 0 Å². The maximum absolute atomic E-state index is 13.1. The fourth-order valence-electron chi connectivity index (χ4n) is 4.87. The fourth-order valence-corrected chi connectivity index (χ4v) is 5.57. The lowest BCUT2D eigenvalue weighted by Crippen LogP contribution is -2.55. The number of piperazine rings is 1. The Balaban J connectivity index is 1.19. The van der Waals surface area contributed by atoms with Crippen LogP contribution in [0.15, 0.2) is 41.1 Å². The van der Waals surface area contributed by atoms with Crippen molar-refractivity contribution in [2.45, 2.75) is 31.8 Å². The van der Waals surface area contributed by atoms with E-state index >= 15 is 0 Å². The summed E-state index contributed by atoms with van der Waals surface area (Å²) in [6.07, 6.45) is 3.15. The average molecular weight is 457 g/mol. The van der Waals surface area contributed by atoms with Crippen molar-refractivity contribution in [2.24, 2.45) is 11.7 Å². The summed E-state index contributed by atoms with van der Waals surface area (Å²) in [6, 6.07) is 10.00. The van der Waals surface area contributed by atoms with Crippen LogP contribution >= 0.6 is 11.3 Å². The Morgan fingerprint density at radius 1 is 1.09 bits per heavy atom. The quantitative estimate of drug-likeness (QED) is 0.662. The van der Waals surface area contributed by atoms with Crippen LogP contribution in [0, 0.1) is 5.92 Å². The van der Waals surface area contributed by atoms with Crippen molar-refractivity contribution >= 4 is 17.2 Å². The summed E-state index contributed by atoms with van der Waals surface area (Å²) in [5.41, 5.74) is 9.09. The molecule has 2 aliphatic heterocycles. The normalized spacial score (nSPS) is 19.8. The van der Waals surface area contributed by atoms with Crippen molar-refractivity contribution in [3.63, 3.8) is 0 Å². The van der Waals surface area contributed by atoms with Gasteiger partial charge in [0.15, 0.2) is 0 Å². The van der Waals surface area contributed by atoms with Crippen LogP contribution < -0.4 is 10.5 Å². The molecule has 1 aromatic heterocycles. The summed E-state index contributed by atoms with van der Waals surface area (Å²) in [7, 11) is 1.71. The van der Waals surface area contributed by atoms with Crippen molar-refractivity contribution < 1.29 is 9.53 Å². The van der Waals surface area contributed by atoms with E-state index in [0.717, 1.165) is 77.4 Å². The summed E-state index contributed by atoms with van der Waals surface area (Å²) in [6.45, 7) is 7.28. The van der Waals surface area contributed by atoms with Gasteiger partial charge in [-0.3, -0.25) is 9.69 Å². The predicted octanol–water partition coefficient (Wildman–Crippen LogP) is 2.68. The van der Waals surface area contributed by atoms with E-state index in [1.165, 1.54) is 11.1 Å². The summed E-state index contributed by atoms with van der Waals surface area (Å²) < 4.78 is 5.48. The van der Waals surface area contributed by atoms with Gasteiger partial charge in [0.1, 0.15) is 5.75 Å². The van der Waals surface area contributed by atoms with E-state index in [1.807, 2.05) is 23.1 Å². The molecule has 0 spiro atoms. The number of methoxy groups -OCH3 is 1. The number of piperidine rings is 1. The second-order valence-electron chi connectivity index (χ2n) is 9.00. The molecule has 2 fully saturated rings. The van der Waals surface area contributed by atoms with Crippen LogP contribution in [0.25, 0.3) is 0 Å². The number of likely N-dealkylation sites (tertiary alicyclic amines) is 1. The van der Waals surface area contributed by atoms with Crippen molar-refractivity contribution in [1.82, 2.24) is 14.7 Å². The zero-order chi connectivity index (χ0) is 22.3. The number of nitrogens with two attached hydrogens (primary N) is 1. The smallest absolute Gasteiger partial charge is 0.239 e. The molecule has 174 valence electrons. The zero-order valence-electron chi connectivity index (χ0n) is 19.1. The molecule has 0 bridgehead atoms. The molecule has 0 unspecified atom stereocenters. The van der Waals surface area contributed by atoms with Crippen molar-refractivity contribution in [2.75, 3.05) is 52.9 Å². The summed E-state index contributed by atoms with van der Waals surface area (Å²) in [4.78, 5) is 20.0. The lowest BCUT2D eigenvalue weighted by molar-refractivity contribution is -0.136. The first-order valence-corrected chi connectivity index (χ1v) is 12.7. The molecule has 7 heteroatoms. The SMILES string of the molecule is COc1ccccc1CN1CCN(C(=O)[C@H](N)C2CCN(CCc3ccsc3)CC2)CC1. The highest BCUT2D eigenvalue weighted by atomic mass is 32.1. The molecule has 4 rings (SSSR count). The Bertz CT molecular complexity index is 843. The highest BCUT2D eigenvalue weighted by molar-refractivity contribution is 7.07. The standard InChI is InChI=1S/C25H36N4O2S/c1-31-23-5-3-2-4-22(23)18-28-13-15-29(16-14-28)25(30)24(26)21-7-11-27(12-8-21)10-6-20-9-17-32-19-20/h2-5,9,17,19,21,24H,6-8,10-16,18,26H2,1H3/t24-/m1/s1. The molecule has 0 aliphatic carbocycles. The monoisotopic (exact) mass is 456 g/mol. The maximum atomic E-state index is 13.1. The van der Waals surface area contributed by atoms with E-state index < -0.39 is 0 Å². The number of para-hydroxylation sites is 1. The number of amides is 1. The maximum Gasteiger partial charge on any atom is 0.239 e.